The molecule has 150 valence electrons. The number of nitrogens with one attached hydrogen (secondary N) is 1. The lowest BCUT2D eigenvalue weighted by Crippen LogP contribution is -2.41. The fourth-order valence-electron chi connectivity index (χ4n) is 1.28. The van der Waals surface area contributed by atoms with Crippen molar-refractivity contribution < 1.29 is 9.59 Å². The summed E-state index contributed by atoms with van der Waals surface area (Å²) in [6, 6.07) is 13.7. The summed E-state index contributed by atoms with van der Waals surface area (Å²) >= 11 is 16.1. The molecule has 0 saturated heterocycles. The molecule has 3 N–H and O–H groups in total. The molecule has 0 atom stereocenters. The first-order valence-electron chi connectivity index (χ1n) is 7.66. The first-order valence-corrected chi connectivity index (χ1v) is 8.80. The molecular weight excluding hydrogens is 430 g/mol. The molecule has 0 aliphatic rings. The molecule has 0 heterocycles. The summed E-state index contributed by atoms with van der Waals surface area (Å²) < 4.78 is 0. The summed E-state index contributed by atoms with van der Waals surface area (Å²) in [6.07, 6.45) is 0. The Hall–Kier alpha value is -1.14. The van der Waals surface area contributed by atoms with Gasteiger partial charge in [0.1, 0.15) is 0 Å². The van der Waals surface area contributed by atoms with E-state index in [9.17, 15) is 9.59 Å². The minimum atomic E-state index is -0.480. The normalized spacial score (nSPS) is 9.63. The summed E-state index contributed by atoms with van der Waals surface area (Å²) in [4.78, 5) is 21.0. The van der Waals surface area contributed by atoms with Crippen LogP contribution in [0.1, 0.15) is 47.1 Å². The van der Waals surface area contributed by atoms with Gasteiger partial charge in [0.15, 0.2) is 0 Å². The van der Waals surface area contributed by atoms with Gasteiger partial charge in [-0.15, -0.1) is 12.4 Å². The first-order chi connectivity index (χ1) is 12.0. The molecule has 2 aromatic rings. The molecule has 0 aliphatic carbocycles. The lowest BCUT2D eigenvalue weighted by Gasteiger charge is -2.14. The van der Waals surface area contributed by atoms with Gasteiger partial charge in [-0.2, -0.15) is 0 Å². The summed E-state index contributed by atoms with van der Waals surface area (Å²) in [5.41, 5.74) is 4.59. The highest BCUT2D eigenvalue weighted by Crippen LogP contribution is 2.17. The number of hydrazine groups is 1. The average Bonchev–Trinajstić information content (AvgIpc) is 2.58. The molecule has 0 unspecified atom stereocenters. The highest BCUT2D eigenvalue weighted by Gasteiger charge is 2.03. The van der Waals surface area contributed by atoms with E-state index in [1.165, 1.54) is 0 Å². The molecule has 4 nitrogen and oxygen atoms in total. The molecule has 0 radical (unpaired) electrons. The quantitative estimate of drug-likeness (QED) is 0.344. The maximum absolute atomic E-state index is 10.6. The van der Waals surface area contributed by atoms with Crippen LogP contribution >= 0.6 is 47.2 Å². The van der Waals surface area contributed by atoms with Gasteiger partial charge in [0.2, 0.25) is 0 Å². The number of aryl methyl sites for hydroxylation is 1. The molecule has 0 saturated carbocycles. The minimum Gasteiger partial charge on any atom is -0.276 e. The van der Waals surface area contributed by atoms with Crippen LogP contribution in [0.15, 0.2) is 48.5 Å². The Kier molecular flexibility index (Phi) is 14.5. The molecule has 0 aromatic heterocycles. The fourth-order valence-corrected chi connectivity index (χ4v) is 1.71. The van der Waals surface area contributed by atoms with Crippen LogP contribution in [0.5, 0.6) is 0 Å². The molecule has 0 fully saturated rings. The zero-order valence-corrected chi connectivity index (χ0v) is 18.6. The van der Waals surface area contributed by atoms with Gasteiger partial charge in [0.25, 0.3) is 10.5 Å². The number of hydrogen-bond acceptors (Lipinski definition) is 4. The van der Waals surface area contributed by atoms with Crippen molar-refractivity contribution in [2.24, 2.45) is 5.84 Å². The second kappa shape index (κ2) is 13.9. The van der Waals surface area contributed by atoms with Gasteiger partial charge in [0, 0.05) is 21.7 Å². The third kappa shape index (κ3) is 13.6. The van der Waals surface area contributed by atoms with Crippen LogP contribution in [0, 0.1) is 6.92 Å². The number of benzene rings is 2. The van der Waals surface area contributed by atoms with Crippen molar-refractivity contribution in [1.82, 2.24) is 5.43 Å². The Bertz CT molecular complexity index is 717. The largest absolute Gasteiger partial charge is 0.276 e. The number of hydrogen-bond donors (Lipinski definition) is 2. The van der Waals surface area contributed by atoms with E-state index in [0.717, 1.165) is 5.56 Å². The zero-order chi connectivity index (χ0) is 20.3. The molecule has 0 aliphatic heterocycles. The molecule has 0 amide bonds. The summed E-state index contributed by atoms with van der Waals surface area (Å²) in [7, 11) is 0. The molecule has 0 bridgehead atoms. The lowest BCUT2D eigenvalue weighted by atomic mass is 10.1. The molecule has 8 heteroatoms. The smallest absolute Gasteiger partial charge is 0.252 e. The Morgan fingerprint density at radius 2 is 1.37 bits per heavy atom. The van der Waals surface area contributed by atoms with Crippen LogP contribution in [-0.4, -0.2) is 16.0 Å². The molecule has 0 spiro atoms. The molecular formula is C19H24Cl4N2O2. The average molecular weight is 454 g/mol. The fraction of sp³-hybridized carbons (Fsp3) is 0.263. The molecule has 2 aromatic carbocycles. The number of carbonyl (C=O) groups is 2. The van der Waals surface area contributed by atoms with Gasteiger partial charge in [0.05, 0.1) is 0 Å². The Balaban J connectivity index is 0. The number of rotatable bonds is 2. The minimum absolute atomic E-state index is 0. The predicted molar refractivity (Wildman–Crippen MR) is 117 cm³/mol. The number of nitrogens with two attached hydrogens (primary N) is 1. The van der Waals surface area contributed by atoms with E-state index in [1.807, 2.05) is 33.8 Å². The van der Waals surface area contributed by atoms with Crippen molar-refractivity contribution in [3.05, 3.63) is 70.2 Å². The maximum atomic E-state index is 10.6. The number of halogens is 4. The van der Waals surface area contributed by atoms with E-state index in [2.05, 4.69) is 5.43 Å². The van der Waals surface area contributed by atoms with Gasteiger partial charge in [-0.25, -0.2) is 0 Å². The van der Waals surface area contributed by atoms with E-state index in [1.54, 1.807) is 42.5 Å². The SMILES string of the molecule is CC(C)(C)NN.Cc1ccc(C(=O)Cl)cc1Cl.Cl.O=C(Cl)c1ccccc1. The summed E-state index contributed by atoms with van der Waals surface area (Å²) in [5.74, 6) is 5.06. The Labute approximate surface area is 181 Å². The second-order valence-corrected chi connectivity index (χ2v) is 7.37. The number of carbonyl (C=O) groups excluding carboxylic acids is 2. The van der Waals surface area contributed by atoms with Crippen LogP contribution in [0.3, 0.4) is 0 Å². The van der Waals surface area contributed by atoms with Gasteiger partial charge in [-0.1, -0.05) is 48.0 Å². The zero-order valence-electron chi connectivity index (χ0n) is 15.6. The van der Waals surface area contributed by atoms with Crippen molar-refractivity contribution in [2.75, 3.05) is 0 Å². The van der Waals surface area contributed by atoms with Gasteiger partial charge >= 0.3 is 0 Å². The molecule has 2 rings (SSSR count). The third-order valence-electron chi connectivity index (χ3n) is 2.83. The summed E-state index contributed by atoms with van der Waals surface area (Å²) in [6.45, 7) is 7.89. The third-order valence-corrected chi connectivity index (χ3v) is 3.68. The van der Waals surface area contributed by atoms with Crippen LogP contribution in [0.4, 0.5) is 0 Å². The first kappa shape index (κ1) is 28.1. The standard InChI is InChI=1S/C8H6Cl2O.C7H5ClO.C4H12N2.ClH/c1-5-2-3-6(8(10)11)4-7(5)9;8-7(9)6-4-2-1-3-5-6;1-4(2,3)6-5;/h2-4H,1H3;1-5H;6H,5H2,1-3H3;1H. The molecule has 27 heavy (non-hydrogen) atoms. The predicted octanol–water partition coefficient (Wildman–Crippen LogP) is 5.76. The van der Waals surface area contributed by atoms with Gasteiger partial charge < -0.3 is 0 Å². The highest BCUT2D eigenvalue weighted by molar-refractivity contribution is 6.68. The van der Waals surface area contributed by atoms with Crippen LogP contribution in [0.25, 0.3) is 0 Å². The van der Waals surface area contributed by atoms with Crippen molar-refractivity contribution >= 4 is 57.7 Å². The van der Waals surface area contributed by atoms with E-state index < -0.39 is 10.5 Å². The monoisotopic (exact) mass is 452 g/mol. The van der Waals surface area contributed by atoms with Crippen molar-refractivity contribution in [1.29, 1.82) is 0 Å². The van der Waals surface area contributed by atoms with E-state index in [0.29, 0.717) is 16.1 Å². The second-order valence-electron chi connectivity index (χ2n) is 6.27. The van der Waals surface area contributed by atoms with Gasteiger partial charge in [-0.05, 0) is 68.6 Å². The van der Waals surface area contributed by atoms with Crippen LogP contribution in [-0.2, 0) is 0 Å². The Morgan fingerprint density at radius 1 is 0.926 bits per heavy atom. The summed E-state index contributed by atoms with van der Waals surface area (Å²) in [5, 5.41) is -0.320. The van der Waals surface area contributed by atoms with Crippen LogP contribution < -0.4 is 11.3 Å². The topological polar surface area (TPSA) is 72.2 Å². The lowest BCUT2D eigenvalue weighted by molar-refractivity contribution is 0.107. The van der Waals surface area contributed by atoms with Crippen molar-refractivity contribution in [3.8, 4) is 0 Å². The van der Waals surface area contributed by atoms with Crippen LogP contribution in [0.2, 0.25) is 5.02 Å². The Morgan fingerprint density at radius 3 is 1.67 bits per heavy atom. The maximum Gasteiger partial charge on any atom is 0.252 e. The van der Waals surface area contributed by atoms with Gasteiger partial charge in [-0.3, -0.25) is 20.9 Å². The van der Waals surface area contributed by atoms with Crippen molar-refractivity contribution in [2.45, 2.75) is 33.2 Å². The van der Waals surface area contributed by atoms with E-state index in [-0.39, 0.29) is 17.9 Å². The van der Waals surface area contributed by atoms with E-state index >= 15 is 0 Å². The van der Waals surface area contributed by atoms with E-state index in [4.69, 9.17) is 40.6 Å². The van der Waals surface area contributed by atoms with Crippen molar-refractivity contribution in [3.63, 3.8) is 0 Å². The highest BCUT2D eigenvalue weighted by atomic mass is 35.5.